The number of nitrogens with one attached hydrogen (secondary N) is 2. The van der Waals surface area contributed by atoms with Crippen LogP contribution in [0.15, 0.2) is 34.9 Å². The van der Waals surface area contributed by atoms with Crippen LogP contribution in [0.5, 0.6) is 0 Å². The standard InChI is InChI=1S/C20H23ClN6O2/c1-12-18(19(26-29-12)14-7-5-6-8-15(14)21)20(28)23-10-9-22-16-11-17(27(3)4)25-13(2)24-16/h5-8,11H,9-10H2,1-4H3,(H,23,28)(H,22,24,25). The fourth-order valence-corrected chi connectivity index (χ4v) is 3.03. The summed E-state index contributed by atoms with van der Waals surface area (Å²) in [4.78, 5) is 23.4. The van der Waals surface area contributed by atoms with E-state index in [2.05, 4.69) is 25.8 Å². The SMILES string of the molecule is Cc1nc(NCCNC(=O)c2c(-c3ccccc3Cl)noc2C)cc(N(C)C)n1. The van der Waals surface area contributed by atoms with Crippen molar-refractivity contribution in [3.8, 4) is 11.3 Å². The molecule has 0 unspecified atom stereocenters. The second kappa shape index (κ2) is 8.91. The van der Waals surface area contributed by atoms with Gasteiger partial charge in [-0.25, -0.2) is 9.97 Å². The van der Waals surface area contributed by atoms with Crippen molar-refractivity contribution in [2.75, 3.05) is 37.4 Å². The molecular formula is C20H23ClN6O2. The maximum absolute atomic E-state index is 12.7. The van der Waals surface area contributed by atoms with Crippen LogP contribution in [0, 0.1) is 13.8 Å². The molecule has 0 aliphatic heterocycles. The number of anilines is 2. The number of carbonyl (C=O) groups excluding carboxylic acids is 1. The minimum Gasteiger partial charge on any atom is -0.368 e. The van der Waals surface area contributed by atoms with Gasteiger partial charge in [0.15, 0.2) is 0 Å². The highest BCUT2D eigenvalue weighted by Gasteiger charge is 2.22. The van der Waals surface area contributed by atoms with Gasteiger partial charge in [-0.05, 0) is 19.9 Å². The first kappa shape index (κ1) is 20.6. The molecule has 9 heteroatoms. The lowest BCUT2D eigenvalue weighted by molar-refractivity contribution is 0.0954. The van der Waals surface area contributed by atoms with Crippen LogP contribution in [0.4, 0.5) is 11.6 Å². The van der Waals surface area contributed by atoms with E-state index in [0.717, 1.165) is 5.82 Å². The lowest BCUT2D eigenvalue weighted by Gasteiger charge is -2.14. The van der Waals surface area contributed by atoms with Crippen LogP contribution in [0.2, 0.25) is 5.02 Å². The van der Waals surface area contributed by atoms with Gasteiger partial charge >= 0.3 is 0 Å². The summed E-state index contributed by atoms with van der Waals surface area (Å²) in [5, 5.41) is 10.6. The average Bonchev–Trinajstić information content (AvgIpc) is 3.06. The van der Waals surface area contributed by atoms with E-state index in [1.807, 2.05) is 44.1 Å². The number of aryl methyl sites for hydroxylation is 2. The van der Waals surface area contributed by atoms with E-state index >= 15 is 0 Å². The van der Waals surface area contributed by atoms with Gasteiger partial charge < -0.3 is 20.1 Å². The summed E-state index contributed by atoms with van der Waals surface area (Å²) in [6, 6.07) is 9.06. The van der Waals surface area contributed by atoms with E-state index in [9.17, 15) is 4.79 Å². The maximum atomic E-state index is 12.7. The number of hydrogen-bond acceptors (Lipinski definition) is 7. The minimum atomic E-state index is -0.270. The highest BCUT2D eigenvalue weighted by atomic mass is 35.5. The van der Waals surface area contributed by atoms with Crippen molar-refractivity contribution >= 4 is 29.1 Å². The predicted molar refractivity (Wildman–Crippen MR) is 114 cm³/mol. The van der Waals surface area contributed by atoms with E-state index in [-0.39, 0.29) is 5.91 Å². The monoisotopic (exact) mass is 414 g/mol. The van der Waals surface area contributed by atoms with Gasteiger partial charge in [0.25, 0.3) is 5.91 Å². The zero-order valence-corrected chi connectivity index (χ0v) is 17.5. The fourth-order valence-electron chi connectivity index (χ4n) is 2.80. The third kappa shape index (κ3) is 4.83. The summed E-state index contributed by atoms with van der Waals surface area (Å²) in [6.45, 7) is 4.43. The normalized spacial score (nSPS) is 10.7. The largest absolute Gasteiger partial charge is 0.368 e. The Morgan fingerprint density at radius 3 is 2.66 bits per heavy atom. The number of rotatable bonds is 7. The van der Waals surface area contributed by atoms with Crippen LogP contribution in [0.1, 0.15) is 21.9 Å². The van der Waals surface area contributed by atoms with Crippen molar-refractivity contribution in [2.24, 2.45) is 0 Å². The maximum Gasteiger partial charge on any atom is 0.257 e. The van der Waals surface area contributed by atoms with Crippen LogP contribution in [0.3, 0.4) is 0 Å². The van der Waals surface area contributed by atoms with E-state index in [0.29, 0.717) is 52.3 Å². The van der Waals surface area contributed by atoms with Crippen molar-refractivity contribution in [1.29, 1.82) is 0 Å². The first-order chi connectivity index (χ1) is 13.9. The smallest absolute Gasteiger partial charge is 0.257 e. The Labute approximate surface area is 174 Å². The number of benzene rings is 1. The Kier molecular flexibility index (Phi) is 6.33. The molecule has 0 fully saturated rings. The third-order valence-electron chi connectivity index (χ3n) is 4.22. The Bertz CT molecular complexity index is 1020. The molecule has 0 aliphatic carbocycles. The highest BCUT2D eigenvalue weighted by molar-refractivity contribution is 6.33. The molecule has 0 spiro atoms. The van der Waals surface area contributed by atoms with Crippen LogP contribution < -0.4 is 15.5 Å². The quantitative estimate of drug-likeness (QED) is 0.572. The molecule has 0 radical (unpaired) electrons. The first-order valence-corrected chi connectivity index (χ1v) is 9.51. The fraction of sp³-hybridized carbons (Fsp3) is 0.300. The van der Waals surface area contributed by atoms with Gasteiger partial charge in [-0.3, -0.25) is 4.79 Å². The third-order valence-corrected chi connectivity index (χ3v) is 4.55. The molecule has 0 atom stereocenters. The van der Waals surface area contributed by atoms with Gasteiger partial charge in [0.2, 0.25) is 0 Å². The number of halogens is 1. The number of carbonyl (C=O) groups is 1. The summed E-state index contributed by atoms with van der Waals surface area (Å²) in [5.41, 5.74) is 1.47. The molecule has 0 saturated heterocycles. The van der Waals surface area contributed by atoms with Crippen molar-refractivity contribution in [3.05, 3.63) is 52.5 Å². The van der Waals surface area contributed by atoms with Gasteiger partial charge in [0.1, 0.15) is 34.5 Å². The topological polar surface area (TPSA) is 96.2 Å². The lowest BCUT2D eigenvalue weighted by atomic mass is 10.1. The Morgan fingerprint density at radius 2 is 1.93 bits per heavy atom. The molecule has 0 saturated carbocycles. The highest BCUT2D eigenvalue weighted by Crippen LogP contribution is 2.30. The van der Waals surface area contributed by atoms with Crippen molar-refractivity contribution in [3.63, 3.8) is 0 Å². The Morgan fingerprint density at radius 1 is 1.17 bits per heavy atom. The second-order valence-electron chi connectivity index (χ2n) is 6.68. The summed E-state index contributed by atoms with van der Waals surface area (Å²) in [6.07, 6.45) is 0. The van der Waals surface area contributed by atoms with Gasteiger partial charge in [-0.15, -0.1) is 0 Å². The van der Waals surface area contributed by atoms with Crippen LogP contribution in [-0.4, -0.2) is 48.2 Å². The molecule has 152 valence electrons. The van der Waals surface area contributed by atoms with Gasteiger partial charge in [-0.2, -0.15) is 0 Å². The summed E-state index contributed by atoms with van der Waals surface area (Å²) >= 11 is 6.25. The number of aromatic nitrogens is 3. The second-order valence-corrected chi connectivity index (χ2v) is 7.09. The molecule has 2 N–H and O–H groups in total. The van der Waals surface area contributed by atoms with Crippen LogP contribution in [0.25, 0.3) is 11.3 Å². The molecule has 2 aromatic heterocycles. The number of nitrogens with zero attached hydrogens (tertiary/aromatic N) is 4. The summed E-state index contributed by atoms with van der Waals surface area (Å²) in [5.74, 6) is 2.36. The van der Waals surface area contributed by atoms with Crippen molar-refractivity contribution in [1.82, 2.24) is 20.4 Å². The van der Waals surface area contributed by atoms with Crippen molar-refractivity contribution < 1.29 is 9.32 Å². The van der Waals surface area contributed by atoms with Gasteiger partial charge in [0, 0.05) is 38.8 Å². The summed E-state index contributed by atoms with van der Waals surface area (Å²) < 4.78 is 5.24. The Balaban J connectivity index is 1.64. The molecule has 0 aliphatic rings. The van der Waals surface area contributed by atoms with Crippen molar-refractivity contribution in [2.45, 2.75) is 13.8 Å². The molecule has 1 amide bonds. The van der Waals surface area contributed by atoms with Gasteiger partial charge in [0.05, 0.1) is 5.02 Å². The minimum absolute atomic E-state index is 0.270. The van der Waals surface area contributed by atoms with E-state index in [1.165, 1.54) is 0 Å². The zero-order chi connectivity index (χ0) is 21.0. The number of hydrogen-bond donors (Lipinski definition) is 2. The van der Waals surface area contributed by atoms with Crippen LogP contribution in [-0.2, 0) is 0 Å². The molecule has 8 nitrogen and oxygen atoms in total. The Hall–Kier alpha value is -3.13. The zero-order valence-electron chi connectivity index (χ0n) is 16.8. The lowest BCUT2D eigenvalue weighted by Crippen LogP contribution is -2.29. The molecule has 2 heterocycles. The van der Waals surface area contributed by atoms with Crippen LogP contribution >= 0.6 is 11.6 Å². The number of amides is 1. The molecule has 3 aromatic rings. The molecular weight excluding hydrogens is 392 g/mol. The molecule has 3 rings (SSSR count). The van der Waals surface area contributed by atoms with E-state index in [1.54, 1.807) is 19.1 Å². The van der Waals surface area contributed by atoms with Gasteiger partial charge in [-0.1, -0.05) is 35.0 Å². The summed E-state index contributed by atoms with van der Waals surface area (Å²) in [7, 11) is 3.84. The molecule has 1 aromatic carbocycles. The molecule has 29 heavy (non-hydrogen) atoms. The first-order valence-electron chi connectivity index (χ1n) is 9.13. The predicted octanol–water partition coefficient (Wildman–Crippen LogP) is 3.31. The average molecular weight is 415 g/mol. The van der Waals surface area contributed by atoms with E-state index in [4.69, 9.17) is 16.1 Å². The molecule has 0 bridgehead atoms. The van der Waals surface area contributed by atoms with E-state index < -0.39 is 0 Å².